The molecule has 0 spiro atoms. The summed E-state index contributed by atoms with van der Waals surface area (Å²) in [5.74, 6) is -0.462. The molecule has 2 saturated heterocycles. The van der Waals surface area contributed by atoms with Gasteiger partial charge in [-0.25, -0.2) is 9.59 Å². The molecule has 168 valence electrons. The topological polar surface area (TPSA) is 73.9 Å². The van der Waals surface area contributed by atoms with Gasteiger partial charge in [-0.2, -0.15) is 0 Å². The first-order chi connectivity index (χ1) is 15.1. The van der Waals surface area contributed by atoms with Crippen LogP contribution in [0.2, 0.25) is 5.02 Å². The van der Waals surface area contributed by atoms with E-state index in [0.29, 0.717) is 34.4 Å². The van der Waals surface area contributed by atoms with Crippen LogP contribution in [-0.2, 0) is 9.53 Å². The maximum Gasteiger partial charge on any atom is 0.338 e. The molecule has 0 saturated carbocycles. The summed E-state index contributed by atoms with van der Waals surface area (Å²) in [6, 6.07) is 6.91. The summed E-state index contributed by atoms with van der Waals surface area (Å²) >= 11 is 6.39. The molecule has 1 aromatic carbocycles. The molecule has 31 heavy (non-hydrogen) atoms. The molecule has 2 amide bonds. The highest BCUT2D eigenvalue weighted by molar-refractivity contribution is 6.31. The van der Waals surface area contributed by atoms with Crippen LogP contribution in [0.25, 0.3) is 0 Å². The van der Waals surface area contributed by atoms with Crippen LogP contribution in [0.4, 0.5) is 4.79 Å². The minimum absolute atomic E-state index is 0.337. The lowest BCUT2D eigenvalue weighted by Crippen LogP contribution is -2.51. The number of amides is 2. The second kappa shape index (κ2) is 10.0. The summed E-state index contributed by atoms with van der Waals surface area (Å²) in [5, 5.41) is 6.19. The first-order valence-electron chi connectivity index (χ1n) is 11.2. The number of carbonyl (C=O) groups is 2. The molecule has 2 fully saturated rings. The summed E-state index contributed by atoms with van der Waals surface area (Å²) in [5.41, 5.74) is 1.69. The van der Waals surface area contributed by atoms with Crippen molar-refractivity contribution >= 4 is 23.6 Å². The number of hydrogen-bond donors (Lipinski definition) is 2. The minimum Gasteiger partial charge on any atom is -0.466 e. The molecule has 0 aromatic heterocycles. The molecule has 0 unspecified atom stereocenters. The SMILES string of the molecule is COC(=O)C1=C(CN2CCC(N3CCCCC3)CC2)NC(=O)N[C@@H]1c1ccccc1Cl. The Labute approximate surface area is 188 Å². The summed E-state index contributed by atoms with van der Waals surface area (Å²) in [4.78, 5) is 30.1. The summed E-state index contributed by atoms with van der Waals surface area (Å²) in [7, 11) is 1.36. The van der Waals surface area contributed by atoms with E-state index in [0.717, 1.165) is 25.9 Å². The lowest BCUT2D eigenvalue weighted by molar-refractivity contribution is -0.136. The standard InChI is InChI=1S/C23H31ClN4O3/c1-31-22(29)20-19(25-23(30)26-21(20)17-7-3-4-8-18(17)24)15-27-13-9-16(10-14-27)28-11-5-2-6-12-28/h3-4,7-8,16,21H,2,5-6,9-15H2,1H3,(H2,25,26,30)/t21-/m1/s1. The number of ether oxygens (including phenoxy) is 1. The van der Waals surface area contributed by atoms with Gasteiger partial charge in [0.05, 0.1) is 18.7 Å². The number of nitrogens with zero attached hydrogens (tertiary/aromatic N) is 2. The van der Waals surface area contributed by atoms with Gasteiger partial charge in [0, 0.05) is 36.4 Å². The summed E-state index contributed by atoms with van der Waals surface area (Å²) in [6.07, 6.45) is 6.18. The van der Waals surface area contributed by atoms with E-state index in [-0.39, 0.29) is 6.03 Å². The Bertz CT molecular complexity index is 845. The number of carbonyl (C=O) groups excluding carboxylic acids is 2. The van der Waals surface area contributed by atoms with Crippen molar-refractivity contribution in [3.63, 3.8) is 0 Å². The monoisotopic (exact) mass is 446 g/mol. The molecule has 3 heterocycles. The van der Waals surface area contributed by atoms with Gasteiger partial charge in [0.25, 0.3) is 0 Å². The zero-order valence-electron chi connectivity index (χ0n) is 18.0. The Kier molecular flexibility index (Phi) is 7.15. The average Bonchev–Trinajstić information content (AvgIpc) is 2.80. The highest BCUT2D eigenvalue weighted by Gasteiger charge is 2.35. The van der Waals surface area contributed by atoms with Crippen LogP contribution in [0.15, 0.2) is 35.5 Å². The van der Waals surface area contributed by atoms with Crippen molar-refractivity contribution < 1.29 is 14.3 Å². The summed E-state index contributed by atoms with van der Waals surface area (Å²) in [6.45, 7) is 4.82. The lowest BCUT2D eigenvalue weighted by atomic mass is 9.94. The molecule has 2 N–H and O–H groups in total. The van der Waals surface area contributed by atoms with Crippen molar-refractivity contribution in [2.75, 3.05) is 39.8 Å². The number of piperidine rings is 2. The quantitative estimate of drug-likeness (QED) is 0.680. The number of rotatable bonds is 5. The van der Waals surface area contributed by atoms with Crippen molar-refractivity contribution in [1.29, 1.82) is 0 Å². The molecule has 0 radical (unpaired) electrons. The molecule has 7 nitrogen and oxygen atoms in total. The smallest absolute Gasteiger partial charge is 0.338 e. The lowest BCUT2D eigenvalue weighted by Gasteiger charge is -2.41. The van der Waals surface area contributed by atoms with Crippen LogP contribution in [0.5, 0.6) is 0 Å². The number of nitrogens with one attached hydrogen (secondary N) is 2. The van der Waals surface area contributed by atoms with Crippen molar-refractivity contribution in [3.05, 3.63) is 46.1 Å². The second-order valence-corrected chi connectivity index (χ2v) is 8.95. The Balaban J connectivity index is 1.52. The predicted molar refractivity (Wildman–Crippen MR) is 120 cm³/mol. The molecular weight excluding hydrogens is 416 g/mol. The van der Waals surface area contributed by atoms with Crippen LogP contribution >= 0.6 is 11.6 Å². The molecule has 1 aromatic rings. The third kappa shape index (κ3) is 5.05. The molecule has 3 aliphatic rings. The number of halogens is 1. The van der Waals surface area contributed by atoms with Gasteiger partial charge in [-0.05, 0) is 50.4 Å². The number of esters is 1. The number of likely N-dealkylation sites (tertiary alicyclic amines) is 2. The van der Waals surface area contributed by atoms with E-state index >= 15 is 0 Å². The Morgan fingerprint density at radius 2 is 1.84 bits per heavy atom. The highest BCUT2D eigenvalue weighted by atomic mass is 35.5. The first kappa shape index (κ1) is 22.1. The Hall–Kier alpha value is -2.09. The zero-order valence-corrected chi connectivity index (χ0v) is 18.8. The van der Waals surface area contributed by atoms with Crippen molar-refractivity contribution in [2.45, 2.75) is 44.2 Å². The van der Waals surface area contributed by atoms with Crippen LogP contribution < -0.4 is 10.6 Å². The van der Waals surface area contributed by atoms with Crippen molar-refractivity contribution in [1.82, 2.24) is 20.4 Å². The fourth-order valence-corrected chi connectivity index (χ4v) is 5.23. The molecule has 1 atom stereocenters. The summed E-state index contributed by atoms with van der Waals surface area (Å²) < 4.78 is 5.08. The maximum atomic E-state index is 12.7. The third-order valence-electron chi connectivity index (χ3n) is 6.62. The van der Waals surface area contributed by atoms with Crippen LogP contribution in [0.3, 0.4) is 0 Å². The highest BCUT2D eigenvalue weighted by Crippen LogP contribution is 2.32. The van der Waals surface area contributed by atoms with E-state index in [1.54, 1.807) is 6.07 Å². The van der Waals surface area contributed by atoms with E-state index in [1.807, 2.05) is 18.2 Å². The van der Waals surface area contributed by atoms with Gasteiger partial charge < -0.3 is 20.3 Å². The molecule has 0 aliphatic carbocycles. The number of hydrogen-bond acceptors (Lipinski definition) is 5. The number of benzene rings is 1. The van der Waals surface area contributed by atoms with E-state index in [2.05, 4.69) is 20.4 Å². The third-order valence-corrected chi connectivity index (χ3v) is 6.97. The predicted octanol–water partition coefficient (Wildman–Crippen LogP) is 3.07. The van der Waals surface area contributed by atoms with Gasteiger partial charge in [0.1, 0.15) is 0 Å². The van der Waals surface area contributed by atoms with E-state index < -0.39 is 12.0 Å². The van der Waals surface area contributed by atoms with E-state index in [4.69, 9.17) is 16.3 Å². The van der Waals surface area contributed by atoms with Gasteiger partial charge in [-0.1, -0.05) is 36.2 Å². The molecule has 3 aliphatic heterocycles. The molecule has 4 rings (SSSR count). The fourth-order valence-electron chi connectivity index (χ4n) is 4.99. The van der Waals surface area contributed by atoms with Crippen molar-refractivity contribution in [2.24, 2.45) is 0 Å². The van der Waals surface area contributed by atoms with Crippen LogP contribution in [-0.4, -0.2) is 67.7 Å². The molecule has 0 bridgehead atoms. The van der Waals surface area contributed by atoms with Crippen molar-refractivity contribution in [3.8, 4) is 0 Å². The van der Waals surface area contributed by atoms with Gasteiger partial charge in [-0.3, -0.25) is 4.90 Å². The number of urea groups is 1. The van der Waals surface area contributed by atoms with Gasteiger partial charge in [0.15, 0.2) is 0 Å². The van der Waals surface area contributed by atoms with Crippen LogP contribution in [0.1, 0.15) is 43.7 Å². The van der Waals surface area contributed by atoms with Gasteiger partial charge in [0.2, 0.25) is 0 Å². The number of methoxy groups -OCH3 is 1. The zero-order chi connectivity index (χ0) is 21.8. The largest absolute Gasteiger partial charge is 0.466 e. The van der Waals surface area contributed by atoms with E-state index in [1.165, 1.54) is 39.5 Å². The van der Waals surface area contributed by atoms with Gasteiger partial charge >= 0.3 is 12.0 Å². The Morgan fingerprint density at radius 1 is 1.13 bits per heavy atom. The normalized spacial score (nSPS) is 23.9. The molecular formula is C23H31ClN4O3. The second-order valence-electron chi connectivity index (χ2n) is 8.54. The molecule has 8 heteroatoms. The minimum atomic E-state index is -0.643. The average molecular weight is 447 g/mol. The fraction of sp³-hybridized carbons (Fsp3) is 0.565. The van der Waals surface area contributed by atoms with Crippen LogP contribution in [0, 0.1) is 0 Å². The van der Waals surface area contributed by atoms with E-state index in [9.17, 15) is 9.59 Å². The maximum absolute atomic E-state index is 12.7. The van der Waals surface area contributed by atoms with Gasteiger partial charge in [-0.15, -0.1) is 0 Å². The first-order valence-corrected chi connectivity index (χ1v) is 11.5. The Morgan fingerprint density at radius 3 is 2.52 bits per heavy atom.